The Hall–Kier alpha value is -2.05. The highest BCUT2D eigenvalue weighted by atomic mass is 35.5. The van der Waals surface area contributed by atoms with Crippen molar-refractivity contribution in [1.82, 2.24) is 16.0 Å². The van der Waals surface area contributed by atoms with E-state index in [0.717, 1.165) is 29.7 Å². The van der Waals surface area contributed by atoms with E-state index in [1.165, 1.54) is 31.7 Å². The van der Waals surface area contributed by atoms with Gasteiger partial charge in [0, 0.05) is 35.2 Å². The highest BCUT2D eigenvalue weighted by molar-refractivity contribution is 6.32. The number of carbonyl (C=O) groups is 1. The number of alkyl halides is 1. The smallest absolute Gasteiger partial charge is 0.319 e. The third kappa shape index (κ3) is 7.73. The maximum absolute atomic E-state index is 13.6. The molecule has 4 nitrogen and oxygen atoms in total. The standard InChI is InChI=1S/C29H33Cl3FN3O/c1-18-25(31)15-23(30)16-28(18)36-29(37)35-17-22(12-13-34-24-4-2-3-5-24)20-8-6-19(7-9-20)21-10-11-27(33)26(32)14-21/h6-11,14-16,18,22,24-25,34H,2-5,12-13,17H2,1H3,(H2,35,36,37). The SMILES string of the molecule is CC1C(NC(=O)NCC(CCNC2CCCC2)c2ccc(-c3ccc(F)c(Cl)c3)cc2)=CC(Cl)=CC1Cl. The number of urea groups is 1. The zero-order chi connectivity index (χ0) is 26.4. The molecule has 2 aromatic carbocycles. The highest BCUT2D eigenvalue weighted by Gasteiger charge is 2.23. The summed E-state index contributed by atoms with van der Waals surface area (Å²) < 4.78 is 13.6. The molecule has 2 aliphatic carbocycles. The Morgan fingerprint density at radius 1 is 1.08 bits per heavy atom. The van der Waals surface area contributed by atoms with Gasteiger partial charge in [0.25, 0.3) is 0 Å². The molecule has 3 atom stereocenters. The first-order valence-electron chi connectivity index (χ1n) is 12.9. The molecular weight excluding hydrogens is 532 g/mol. The minimum absolute atomic E-state index is 0.0474. The van der Waals surface area contributed by atoms with Gasteiger partial charge in [0.2, 0.25) is 0 Å². The molecule has 37 heavy (non-hydrogen) atoms. The molecule has 8 heteroatoms. The fourth-order valence-electron chi connectivity index (χ4n) is 4.94. The van der Waals surface area contributed by atoms with Crippen LogP contribution in [0.4, 0.5) is 9.18 Å². The molecule has 0 aromatic heterocycles. The molecule has 0 aliphatic heterocycles. The molecule has 0 bridgehead atoms. The van der Waals surface area contributed by atoms with E-state index in [2.05, 4.69) is 28.1 Å². The van der Waals surface area contributed by atoms with Crippen LogP contribution >= 0.6 is 34.8 Å². The number of rotatable bonds is 9. The molecule has 0 spiro atoms. The van der Waals surface area contributed by atoms with E-state index in [1.54, 1.807) is 24.3 Å². The third-order valence-electron chi connectivity index (χ3n) is 7.26. The van der Waals surface area contributed by atoms with Crippen molar-refractivity contribution in [2.24, 2.45) is 5.92 Å². The molecule has 1 saturated carbocycles. The molecule has 2 aliphatic rings. The van der Waals surface area contributed by atoms with E-state index < -0.39 is 5.82 Å². The van der Waals surface area contributed by atoms with Crippen molar-refractivity contribution in [3.8, 4) is 11.1 Å². The molecule has 4 rings (SSSR count). The molecule has 0 radical (unpaired) electrons. The summed E-state index contributed by atoms with van der Waals surface area (Å²) >= 11 is 18.4. The number of halogens is 4. The van der Waals surface area contributed by atoms with Crippen LogP contribution < -0.4 is 16.0 Å². The summed E-state index contributed by atoms with van der Waals surface area (Å²) in [7, 11) is 0. The van der Waals surface area contributed by atoms with E-state index >= 15 is 0 Å². The van der Waals surface area contributed by atoms with Crippen LogP contribution in [0.3, 0.4) is 0 Å². The van der Waals surface area contributed by atoms with Crippen molar-refractivity contribution in [1.29, 1.82) is 0 Å². The summed E-state index contributed by atoms with van der Waals surface area (Å²) in [6.07, 6.45) is 9.43. The number of benzene rings is 2. The van der Waals surface area contributed by atoms with Crippen LogP contribution in [0.15, 0.2) is 65.3 Å². The third-order valence-corrected chi connectivity index (χ3v) is 8.29. The molecule has 3 N–H and O–H groups in total. The molecule has 1 fully saturated rings. The summed E-state index contributed by atoms with van der Waals surface area (Å²) in [5.74, 6) is -0.360. The van der Waals surface area contributed by atoms with Crippen LogP contribution in [0.25, 0.3) is 11.1 Å². The van der Waals surface area contributed by atoms with Gasteiger partial charge < -0.3 is 16.0 Å². The van der Waals surface area contributed by atoms with Gasteiger partial charge >= 0.3 is 6.03 Å². The van der Waals surface area contributed by atoms with E-state index in [9.17, 15) is 9.18 Å². The number of nitrogens with one attached hydrogen (secondary N) is 3. The van der Waals surface area contributed by atoms with Crippen molar-refractivity contribution >= 4 is 40.8 Å². The molecule has 198 valence electrons. The predicted molar refractivity (Wildman–Crippen MR) is 152 cm³/mol. The number of hydrogen-bond acceptors (Lipinski definition) is 2. The lowest BCUT2D eigenvalue weighted by atomic mass is 9.93. The summed E-state index contributed by atoms with van der Waals surface area (Å²) in [6.45, 7) is 3.32. The second kappa shape index (κ2) is 13.1. The topological polar surface area (TPSA) is 53.2 Å². The maximum atomic E-state index is 13.6. The fraction of sp³-hybridized carbons (Fsp3) is 0.414. The van der Waals surface area contributed by atoms with Gasteiger partial charge in [0.05, 0.1) is 10.4 Å². The van der Waals surface area contributed by atoms with Crippen molar-refractivity contribution in [2.75, 3.05) is 13.1 Å². The average Bonchev–Trinajstić information content (AvgIpc) is 3.40. The Morgan fingerprint density at radius 3 is 2.49 bits per heavy atom. The van der Waals surface area contributed by atoms with Crippen LogP contribution in [-0.4, -0.2) is 30.5 Å². The second-order valence-electron chi connectivity index (χ2n) is 9.89. The first kappa shape index (κ1) is 28.0. The van der Waals surface area contributed by atoms with Gasteiger partial charge in [-0.05, 0) is 66.8 Å². The maximum Gasteiger partial charge on any atom is 0.319 e. The molecule has 3 unspecified atom stereocenters. The number of allylic oxidation sites excluding steroid dienone is 4. The lowest BCUT2D eigenvalue weighted by molar-refractivity contribution is 0.241. The number of amides is 2. The summed E-state index contributed by atoms with van der Waals surface area (Å²) in [4.78, 5) is 12.8. The molecule has 0 heterocycles. The second-order valence-corrected chi connectivity index (χ2v) is 11.2. The zero-order valence-electron chi connectivity index (χ0n) is 20.9. The van der Waals surface area contributed by atoms with Crippen LogP contribution in [0.2, 0.25) is 5.02 Å². The first-order valence-corrected chi connectivity index (χ1v) is 14.1. The summed E-state index contributed by atoms with van der Waals surface area (Å²) in [5, 5.41) is 9.99. The van der Waals surface area contributed by atoms with Gasteiger partial charge in [0.15, 0.2) is 0 Å². The molecule has 2 amide bonds. The largest absolute Gasteiger partial charge is 0.337 e. The number of hydrogen-bond donors (Lipinski definition) is 3. The zero-order valence-corrected chi connectivity index (χ0v) is 23.1. The summed E-state index contributed by atoms with van der Waals surface area (Å²) in [6, 6.07) is 13.2. The van der Waals surface area contributed by atoms with Crippen molar-refractivity contribution in [2.45, 2.75) is 56.4 Å². The average molecular weight is 565 g/mol. The van der Waals surface area contributed by atoms with Crippen molar-refractivity contribution in [3.63, 3.8) is 0 Å². The van der Waals surface area contributed by atoms with Gasteiger partial charge in [-0.25, -0.2) is 9.18 Å². The van der Waals surface area contributed by atoms with Gasteiger partial charge in [-0.3, -0.25) is 0 Å². The first-order chi connectivity index (χ1) is 17.8. The van der Waals surface area contributed by atoms with Crippen molar-refractivity contribution in [3.05, 3.63) is 81.7 Å². The van der Waals surface area contributed by atoms with Crippen LogP contribution in [0, 0.1) is 11.7 Å². The van der Waals surface area contributed by atoms with Crippen LogP contribution in [0.1, 0.15) is 50.5 Å². The Bertz CT molecular complexity index is 1150. The fourth-order valence-corrected chi connectivity index (χ4v) is 5.71. The number of carbonyl (C=O) groups excluding carboxylic acids is 1. The van der Waals surface area contributed by atoms with Crippen molar-refractivity contribution < 1.29 is 9.18 Å². The lowest BCUT2D eigenvalue weighted by Crippen LogP contribution is -2.40. The normalized spacial score (nSPS) is 20.8. The monoisotopic (exact) mass is 563 g/mol. The van der Waals surface area contributed by atoms with E-state index in [1.807, 2.05) is 19.1 Å². The van der Waals surface area contributed by atoms with Crippen LogP contribution in [-0.2, 0) is 0 Å². The van der Waals surface area contributed by atoms with Gasteiger partial charge in [-0.2, -0.15) is 0 Å². The van der Waals surface area contributed by atoms with Crippen LogP contribution in [0.5, 0.6) is 0 Å². The molecule has 2 aromatic rings. The van der Waals surface area contributed by atoms with E-state index in [4.69, 9.17) is 34.8 Å². The van der Waals surface area contributed by atoms with E-state index in [0.29, 0.717) is 23.3 Å². The minimum atomic E-state index is -0.431. The lowest BCUT2D eigenvalue weighted by Gasteiger charge is -2.25. The minimum Gasteiger partial charge on any atom is -0.337 e. The Morgan fingerprint density at radius 2 is 1.78 bits per heavy atom. The molecular formula is C29H33Cl3FN3O. The Balaban J connectivity index is 1.41. The summed E-state index contributed by atoms with van der Waals surface area (Å²) in [5.41, 5.74) is 3.64. The van der Waals surface area contributed by atoms with Gasteiger partial charge in [-0.15, -0.1) is 11.6 Å². The van der Waals surface area contributed by atoms with Gasteiger partial charge in [-0.1, -0.05) is 73.3 Å². The van der Waals surface area contributed by atoms with Gasteiger partial charge in [0.1, 0.15) is 5.82 Å². The Labute approximate surface area is 233 Å². The Kier molecular flexibility index (Phi) is 9.94. The molecule has 0 saturated heterocycles. The highest BCUT2D eigenvalue weighted by Crippen LogP contribution is 2.29. The quantitative estimate of drug-likeness (QED) is 0.273. The van der Waals surface area contributed by atoms with E-state index in [-0.39, 0.29) is 28.3 Å². The predicted octanol–water partition coefficient (Wildman–Crippen LogP) is 7.71.